The zero-order chi connectivity index (χ0) is 17.7. The molecular weight excluding hydrogens is 324 g/mol. The van der Waals surface area contributed by atoms with Gasteiger partial charge in [-0.1, -0.05) is 20.8 Å². The number of rotatable bonds is 8. The predicted molar refractivity (Wildman–Crippen MR) is 98.9 cm³/mol. The number of aromatic nitrogens is 2. The molecule has 0 unspecified atom stereocenters. The molecule has 0 aliphatic rings. The van der Waals surface area contributed by atoms with Crippen molar-refractivity contribution in [2.24, 2.45) is 5.92 Å². The fraction of sp³-hybridized carbons (Fsp3) is 0.588. The number of fused-ring (bicyclic) bond motifs is 1. The highest BCUT2D eigenvalue weighted by Gasteiger charge is 2.20. The third-order valence-electron chi connectivity index (χ3n) is 3.81. The molecule has 0 fully saturated rings. The lowest BCUT2D eigenvalue weighted by Gasteiger charge is -2.17. The van der Waals surface area contributed by atoms with Crippen LogP contribution in [0.4, 0.5) is 5.82 Å². The summed E-state index contributed by atoms with van der Waals surface area (Å²) in [5.74, 6) is 1.14. The minimum atomic E-state index is -0.0425. The number of aryl methyl sites for hydroxylation is 1. The van der Waals surface area contributed by atoms with Gasteiger partial charge in [0.2, 0.25) is 0 Å². The van der Waals surface area contributed by atoms with Crippen LogP contribution in [0.3, 0.4) is 0 Å². The molecule has 0 aliphatic carbocycles. The molecule has 0 spiro atoms. The summed E-state index contributed by atoms with van der Waals surface area (Å²) >= 11 is 1.41. The van der Waals surface area contributed by atoms with Crippen molar-refractivity contribution in [3.8, 4) is 0 Å². The lowest BCUT2D eigenvalue weighted by molar-refractivity contribution is 0.0952. The van der Waals surface area contributed by atoms with Crippen molar-refractivity contribution in [2.75, 3.05) is 25.6 Å². The van der Waals surface area contributed by atoms with Crippen LogP contribution in [-0.2, 0) is 4.74 Å². The van der Waals surface area contributed by atoms with Gasteiger partial charge in [0.15, 0.2) is 0 Å². The van der Waals surface area contributed by atoms with Crippen LogP contribution in [0.25, 0.3) is 10.2 Å². The Kier molecular flexibility index (Phi) is 6.51. The van der Waals surface area contributed by atoms with Crippen molar-refractivity contribution in [3.05, 3.63) is 16.8 Å². The summed E-state index contributed by atoms with van der Waals surface area (Å²) in [5, 5.41) is 7.31. The summed E-state index contributed by atoms with van der Waals surface area (Å²) in [6.45, 7) is 9.47. The van der Waals surface area contributed by atoms with Gasteiger partial charge in [-0.15, -0.1) is 11.3 Å². The lowest BCUT2D eigenvalue weighted by Crippen LogP contribution is -2.27. The Hall–Kier alpha value is -1.73. The number of amides is 1. The van der Waals surface area contributed by atoms with Crippen LogP contribution in [0.2, 0.25) is 0 Å². The Balaban J connectivity index is 2.33. The second-order valence-corrected chi connectivity index (χ2v) is 7.27. The van der Waals surface area contributed by atoms with E-state index in [4.69, 9.17) is 4.74 Å². The normalized spacial score (nSPS) is 12.6. The van der Waals surface area contributed by atoms with E-state index in [1.165, 1.54) is 17.7 Å². The molecule has 2 heterocycles. The monoisotopic (exact) mass is 350 g/mol. The number of hydrogen-bond donors (Lipinski definition) is 2. The largest absolute Gasteiger partial charge is 0.383 e. The number of carbonyl (C=O) groups excluding carboxylic acids is 1. The minimum Gasteiger partial charge on any atom is -0.383 e. The van der Waals surface area contributed by atoms with Gasteiger partial charge < -0.3 is 15.4 Å². The SMILES string of the molecule is CC[C@H](COC)Nc1ncnc2sc(C(=O)NCC(C)C)c(C)c12. The van der Waals surface area contributed by atoms with E-state index in [-0.39, 0.29) is 11.9 Å². The molecule has 2 rings (SSSR count). The van der Waals surface area contributed by atoms with Crippen LogP contribution in [0, 0.1) is 12.8 Å². The Bertz CT molecular complexity index is 699. The Morgan fingerprint density at radius 2 is 2.12 bits per heavy atom. The summed E-state index contributed by atoms with van der Waals surface area (Å²) in [6, 6.07) is 0.172. The van der Waals surface area contributed by atoms with Gasteiger partial charge in [-0.25, -0.2) is 9.97 Å². The Morgan fingerprint density at radius 1 is 1.38 bits per heavy atom. The van der Waals surface area contributed by atoms with Crippen molar-refractivity contribution in [1.29, 1.82) is 0 Å². The molecule has 1 amide bonds. The van der Waals surface area contributed by atoms with Crippen molar-refractivity contribution >= 4 is 33.3 Å². The average molecular weight is 350 g/mol. The molecule has 132 valence electrons. The molecule has 0 saturated heterocycles. The highest BCUT2D eigenvalue weighted by atomic mass is 32.1. The molecule has 2 aromatic rings. The van der Waals surface area contributed by atoms with E-state index in [9.17, 15) is 4.79 Å². The lowest BCUT2D eigenvalue weighted by atomic mass is 10.1. The van der Waals surface area contributed by atoms with Crippen molar-refractivity contribution < 1.29 is 9.53 Å². The second-order valence-electron chi connectivity index (χ2n) is 6.27. The van der Waals surface area contributed by atoms with Gasteiger partial charge in [-0.2, -0.15) is 0 Å². The minimum absolute atomic E-state index is 0.0425. The van der Waals surface area contributed by atoms with Gasteiger partial charge in [-0.05, 0) is 24.8 Å². The van der Waals surface area contributed by atoms with Crippen molar-refractivity contribution in [3.63, 3.8) is 0 Å². The van der Waals surface area contributed by atoms with Crippen LogP contribution >= 0.6 is 11.3 Å². The number of hydrogen-bond acceptors (Lipinski definition) is 6. The molecule has 2 N–H and O–H groups in total. The predicted octanol–water partition coefficient (Wildman–Crippen LogP) is 3.22. The average Bonchev–Trinajstić information content (AvgIpc) is 2.90. The summed E-state index contributed by atoms with van der Waals surface area (Å²) < 4.78 is 5.24. The van der Waals surface area contributed by atoms with Crippen molar-refractivity contribution in [1.82, 2.24) is 15.3 Å². The summed E-state index contributed by atoms with van der Waals surface area (Å²) in [7, 11) is 1.69. The fourth-order valence-corrected chi connectivity index (χ4v) is 3.50. The number of nitrogens with zero attached hydrogens (tertiary/aromatic N) is 2. The Morgan fingerprint density at radius 3 is 2.75 bits per heavy atom. The summed E-state index contributed by atoms with van der Waals surface area (Å²) in [5.41, 5.74) is 0.923. The first-order valence-electron chi connectivity index (χ1n) is 8.25. The maximum absolute atomic E-state index is 12.4. The smallest absolute Gasteiger partial charge is 0.261 e. The highest BCUT2D eigenvalue weighted by Crippen LogP contribution is 2.33. The first-order valence-corrected chi connectivity index (χ1v) is 9.07. The van der Waals surface area contributed by atoms with Gasteiger partial charge in [-0.3, -0.25) is 4.79 Å². The zero-order valence-electron chi connectivity index (χ0n) is 15.0. The van der Waals surface area contributed by atoms with Crippen LogP contribution in [0.1, 0.15) is 42.4 Å². The Labute approximate surface area is 147 Å². The number of anilines is 1. The molecule has 0 aromatic carbocycles. The number of carbonyl (C=O) groups is 1. The molecule has 1 atom stereocenters. The number of methoxy groups -OCH3 is 1. The standard InChI is InChI=1S/C17H26N4O2S/c1-6-12(8-23-5)21-15-13-11(4)14(16(22)18-7-10(2)3)24-17(13)20-9-19-15/h9-10,12H,6-8H2,1-5H3,(H,18,22)(H,19,20,21)/t12-/m1/s1. The molecule has 7 heteroatoms. The molecule has 0 saturated carbocycles. The maximum atomic E-state index is 12.4. The van der Waals surface area contributed by atoms with Crippen LogP contribution in [0.15, 0.2) is 6.33 Å². The molecule has 0 radical (unpaired) electrons. The first kappa shape index (κ1) is 18.6. The van der Waals surface area contributed by atoms with Gasteiger partial charge in [0.1, 0.15) is 17.0 Å². The van der Waals surface area contributed by atoms with Gasteiger partial charge >= 0.3 is 0 Å². The summed E-state index contributed by atoms with van der Waals surface area (Å²) in [6.07, 6.45) is 2.46. The van der Waals surface area contributed by atoms with E-state index >= 15 is 0 Å². The molecule has 24 heavy (non-hydrogen) atoms. The number of thiophene rings is 1. The number of ether oxygens (including phenoxy) is 1. The first-order chi connectivity index (χ1) is 11.5. The number of nitrogens with one attached hydrogen (secondary N) is 2. The molecule has 6 nitrogen and oxygen atoms in total. The van der Waals surface area contributed by atoms with Crippen LogP contribution in [0.5, 0.6) is 0 Å². The van der Waals surface area contributed by atoms with E-state index in [1.54, 1.807) is 7.11 Å². The molecular formula is C17H26N4O2S. The third kappa shape index (κ3) is 4.21. The van der Waals surface area contributed by atoms with E-state index in [2.05, 4.69) is 41.4 Å². The van der Waals surface area contributed by atoms with E-state index in [0.29, 0.717) is 23.9 Å². The van der Waals surface area contributed by atoms with Crippen molar-refractivity contribution in [2.45, 2.75) is 40.2 Å². The summed E-state index contributed by atoms with van der Waals surface area (Å²) in [4.78, 5) is 22.7. The quantitative estimate of drug-likeness (QED) is 0.764. The highest BCUT2D eigenvalue weighted by molar-refractivity contribution is 7.20. The molecule has 0 aliphatic heterocycles. The van der Waals surface area contributed by atoms with E-state index in [1.807, 2.05) is 6.92 Å². The molecule has 2 aromatic heterocycles. The second kappa shape index (κ2) is 8.39. The van der Waals surface area contributed by atoms with E-state index < -0.39 is 0 Å². The van der Waals surface area contributed by atoms with Gasteiger partial charge in [0, 0.05) is 13.7 Å². The van der Waals surface area contributed by atoms with Crippen LogP contribution in [-0.4, -0.2) is 42.2 Å². The van der Waals surface area contributed by atoms with Crippen LogP contribution < -0.4 is 10.6 Å². The zero-order valence-corrected chi connectivity index (χ0v) is 15.8. The van der Waals surface area contributed by atoms with Gasteiger partial charge in [0.05, 0.1) is 22.9 Å². The van der Waals surface area contributed by atoms with E-state index in [0.717, 1.165) is 28.0 Å². The maximum Gasteiger partial charge on any atom is 0.261 e. The molecule has 0 bridgehead atoms. The fourth-order valence-electron chi connectivity index (χ4n) is 2.43. The third-order valence-corrected chi connectivity index (χ3v) is 5.00. The van der Waals surface area contributed by atoms with Gasteiger partial charge in [0.25, 0.3) is 5.91 Å². The topological polar surface area (TPSA) is 76.1 Å².